The first-order valence-electron chi connectivity index (χ1n) is 5.72. The summed E-state index contributed by atoms with van der Waals surface area (Å²) in [6, 6.07) is 0. The van der Waals surface area contributed by atoms with Crippen molar-refractivity contribution >= 4 is 22.6 Å². The molecule has 1 aromatic rings. The molecule has 1 aliphatic heterocycles. The summed E-state index contributed by atoms with van der Waals surface area (Å²) in [5.74, 6) is 0.353. The fraction of sp³-hybridized carbons (Fsp3) is 0.636. The summed E-state index contributed by atoms with van der Waals surface area (Å²) >= 11 is 1.92. The molecule has 0 bridgehead atoms. The van der Waals surface area contributed by atoms with Gasteiger partial charge in [0.15, 0.2) is 0 Å². The monoisotopic (exact) mass is 365 g/mol. The Bertz CT molecular complexity index is 475. The maximum absolute atomic E-state index is 11.4. The van der Waals surface area contributed by atoms with E-state index in [1.807, 2.05) is 36.4 Å². The van der Waals surface area contributed by atoms with Crippen LogP contribution in [0.2, 0.25) is 0 Å². The normalized spacial score (nSPS) is 22.7. The van der Waals surface area contributed by atoms with Gasteiger partial charge in [-0.05, 0) is 36.4 Å². The first kappa shape index (κ1) is 13.8. The van der Waals surface area contributed by atoms with Gasteiger partial charge in [-0.15, -0.1) is 0 Å². The van der Waals surface area contributed by atoms with Crippen LogP contribution < -0.4 is 15.6 Å². The van der Waals surface area contributed by atoms with Crippen molar-refractivity contribution in [2.45, 2.75) is 25.6 Å². The summed E-state index contributed by atoms with van der Waals surface area (Å²) in [6.07, 6.45) is 1.30. The fourth-order valence-electron chi connectivity index (χ4n) is 1.80. The van der Waals surface area contributed by atoms with Crippen molar-refractivity contribution in [3.63, 3.8) is 0 Å². The van der Waals surface area contributed by atoms with Crippen LogP contribution in [0.3, 0.4) is 0 Å². The topological polar surface area (TPSA) is 76.2 Å². The van der Waals surface area contributed by atoms with E-state index >= 15 is 0 Å². The predicted octanol–water partition coefficient (Wildman–Crippen LogP) is 0.520. The van der Waals surface area contributed by atoms with Crippen LogP contribution in [-0.2, 0) is 4.74 Å². The average Bonchev–Trinajstić information content (AvgIpc) is 2.30. The van der Waals surface area contributed by atoms with Gasteiger partial charge in [-0.2, -0.15) is 0 Å². The lowest BCUT2D eigenvalue weighted by Crippen LogP contribution is -2.52. The number of aromatic nitrogens is 2. The van der Waals surface area contributed by atoms with Gasteiger partial charge in [0.25, 0.3) is 5.56 Å². The molecule has 7 heteroatoms. The number of H-pyrrole nitrogens is 1. The molecule has 1 saturated heterocycles. The minimum Gasteiger partial charge on any atom is -0.474 e. The highest BCUT2D eigenvalue weighted by Gasteiger charge is 2.28. The third kappa shape index (κ3) is 3.42. The fourth-order valence-corrected chi connectivity index (χ4v) is 2.25. The summed E-state index contributed by atoms with van der Waals surface area (Å²) in [6.45, 7) is 6.00. The minimum atomic E-state index is -0.193. The highest BCUT2D eigenvalue weighted by molar-refractivity contribution is 14.1. The molecule has 18 heavy (non-hydrogen) atoms. The second kappa shape index (κ2) is 5.54. The molecule has 0 aromatic carbocycles. The Morgan fingerprint density at radius 1 is 1.67 bits per heavy atom. The summed E-state index contributed by atoms with van der Waals surface area (Å²) in [4.78, 5) is 17.9. The second-order valence-corrected chi connectivity index (χ2v) is 5.87. The molecule has 2 N–H and O–H groups in total. The molecule has 1 unspecified atom stereocenters. The Labute approximate surface area is 119 Å². The molecular weight excluding hydrogens is 349 g/mol. The van der Waals surface area contributed by atoms with Crippen molar-refractivity contribution in [3.05, 3.63) is 20.3 Å². The molecule has 6 nitrogen and oxygen atoms in total. The van der Waals surface area contributed by atoms with Crippen LogP contribution in [0.5, 0.6) is 5.88 Å². The van der Waals surface area contributed by atoms with E-state index in [1.54, 1.807) is 0 Å². The zero-order valence-corrected chi connectivity index (χ0v) is 12.5. The van der Waals surface area contributed by atoms with Crippen molar-refractivity contribution in [2.75, 3.05) is 19.7 Å². The Hall–Kier alpha value is -0.670. The SMILES string of the molecule is CC1(C)CNCC(COc2nc[nH]c(=O)c2I)O1. The lowest BCUT2D eigenvalue weighted by molar-refractivity contribution is -0.107. The number of nitrogens with one attached hydrogen (secondary N) is 2. The lowest BCUT2D eigenvalue weighted by atomic mass is 10.1. The molecular formula is C11H16IN3O3. The van der Waals surface area contributed by atoms with Crippen LogP contribution in [0.4, 0.5) is 0 Å². The number of hydrogen-bond acceptors (Lipinski definition) is 5. The van der Waals surface area contributed by atoms with Crippen LogP contribution in [0, 0.1) is 3.57 Å². The molecule has 1 aromatic heterocycles. The molecule has 1 atom stereocenters. The van der Waals surface area contributed by atoms with Crippen molar-refractivity contribution in [1.82, 2.24) is 15.3 Å². The Morgan fingerprint density at radius 3 is 3.17 bits per heavy atom. The van der Waals surface area contributed by atoms with Gasteiger partial charge in [-0.25, -0.2) is 4.98 Å². The van der Waals surface area contributed by atoms with Gasteiger partial charge in [-0.1, -0.05) is 0 Å². The maximum atomic E-state index is 11.4. The van der Waals surface area contributed by atoms with Crippen LogP contribution in [0.25, 0.3) is 0 Å². The first-order chi connectivity index (χ1) is 8.48. The average molecular weight is 365 g/mol. The van der Waals surface area contributed by atoms with Crippen molar-refractivity contribution in [1.29, 1.82) is 0 Å². The number of ether oxygens (including phenoxy) is 2. The van der Waals surface area contributed by atoms with E-state index in [4.69, 9.17) is 9.47 Å². The zero-order valence-electron chi connectivity index (χ0n) is 10.3. The number of rotatable bonds is 3. The van der Waals surface area contributed by atoms with Crippen LogP contribution in [-0.4, -0.2) is 41.4 Å². The van der Waals surface area contributed by atoms with Gasteiger partial charge in [0.1, 0.15) is 16.3 Å². The largest absolute Gasteiger partial charge is 0.474 e. The van der Waals surface area contributed by atoms with Crippen LogP contribution in [0.1, 0.15) is 13.8 Å². The number of morpholine rings is 1. The minimum absolute atomic E-state index is 0.0364. The van der Waals surface area contributed by atoms with Gasteiger partial charge in [0, 0.05) is 13.1 Å². The summed E-state index contributed by atoms with van der Waals surface area (Å²) < 4.78 is 11.9. The third-order valence-corrected chi connectivity index (χ3v) is 3.53. The lowest BCUT2D eigenvalue weighted by Gasteiger charge is -2.36. The van der Waals surface area contributed by atoms with E-state index in [-0.39, 0.29) is 17.3 Å². The standard InChI is InChI=1S/C11H16IN3O3/c1-11(2)5-13-3-7(18-11)4-17-10-8(12)9(16)14-6-15-10/h6-7,13H,3-5H2,1-2H3,(H,14,15,16). The molecule has 1 fully saturated rings. The molecule has 0 aliphatic carbocycles. The smallest absolute Gasteiger partial charge is 0.268 e. The van der Waals surface area contributed by atoms with Gasteiger partial charge in [0.2, 0.25) is 5.88 Å². The third-order valence-electron chi connectivity index (χ3n) is 2.58. The zero-order chi connectivity index (χ0) is 13.2. The van der Waals surface area contributed by atoms with E-state index in [1.165, 1.54) is 6.33 Å². The van der Waals surface area contributed by atoms with E-state index in [0.717, 1.165) is 13.1 Å². The number of hydrogen-bond donors (Lipinski definition) is 2. The molecule has 2 rings (SSSR count). The van der Waals surface area contributed by atoms with Gasteiger partial charge < -0.3 is 19.8 Å². The quantitative estimate of drug-likeness (QED) is 0.764. The Balaban J connectivity index is 1.95. The Morgan fingerprint density at radius 2 is 2.44 bits per heavy atom. The van der Waals surface area contributed by atoms with Crippen molar-refractivity contribution < 1.29 is 9.47 Å². The molecule has 0 saturated carbocycles. The molecule has 0 spiro atoms. The van der Waals surface area contributed by atoms with Gasteiger partial charge in [-0.3, -0.25) is 4.79 Å². The van der Waals surface area contributed by atoms with Crippen molar-refractivity contribution in [3.8, 4) is 5.88 Å². The van der Waals surface area contributed by atoms with Crippen LogP contribution >= 0.6 is 22.6 Å². The first-order valence-corrected chi connectivity index (χ1v) is 6.80. The summed E-state index contributed by atoms with van der Waals surface area (Å²) in [5, 5.41) is 3.29. The number of halogens is 1. The van der Waals surface area contributed by atoms with E-state index in [9.17, 15) is 4.79 Å². The molecule has 1 aliphatic rings. The van der Waals surface area contributed by atoms with E-state index in [2.05, 4.69) is 15.3 Å². The predicted molar refractivity (Wildman–Crippen MR) is 74.9 cm³/mol. The highest BCUT2D eigenvalue weighted by Crippen LogP contribution is 2.17. The molecule has 0 radical (unpaired) electrons. The number of aromatic amines is 1. The maximum Gasteiger partial charge on any atom is 0.268 e. The molecule has 0 amide bonds. The highest BCUT2D eigenvalue weighted by atomic mass is 127. The summed E-state index contributed by atoms with van der Waals surface area (Å²) in [7, 11) is 0. The number of nitrogens with zero attached hydrogens (tertiary/aromatic N) is 1. The van der Waals surface area contributed by atoms with E-state index in [0.29, 0.717) is 16.1 Å². The van der Waals surface area contributed by atoms with Gasteiger partial charge in [0.05, 0.1) is 11.9 Å². The van der Waals surface area contributed by atoms with Gasteiger partial charge >= 0.3 is 0 Å². The Kier molecular flexibility index (Phi) is 4.23. The van der Waals surface area contributed by atoms with Crippen molar-refractivity contribution in [2.24, 2.45) is 0 Å². The summed E-state index contributed by atoms with van der Waals surface area (Å²) in [5.41, 5.74) is -0.385. The second-order valence-electron chi connectivity index (χ2n) is 4.79. The molecule has 2 heterocycles. The van der Waals surface area contributed by atoms with Crippen LogP contribution in [0.15, 0.2) is 11.1 Å². The van der Waals surface area contributed by atoms with E-state index < -0.39 is 0 Å². The molecule has 100 valence electrons.